The van der Waals surface area contributed by atoms with Gasteiger partial charge in [0.1, 0.15) is 17.2 Å². The van der Waals surface area contributed by atoms with Crippen LogP contribution in [-0.2, 0) is 10.2 Å². The predicted molar refractivity (Wildman–Crippen MR) is 114 cm³/mol. The second kappa shape index (κ2) is 8.76. The summed E-state index contributed by atoms with van der Waals surface area (Å²) in [6, 6.07) is 13.7. The van der Waals surface area contributed by atoms with Gasteiger partial charge in [0, 0.05) is 18.2 Å². The zero-order chi connectivity index (χ0) is 21.0. The van der Waals surface area contributed by atoms with Gasteiger partial charge in [-0.15, -0.1) is 0 Å². The van der Waals surface area contributed by atoms with Crippen LogP contribution in [0, 0.1) is 0 Å². The molecule has 0 spiro atoms. The molecule has 0 radical (unpaired) electrons. The number of likely N-dealkylation sites (tertiary alicyclic amines) is 1. The third-order valence-corrected chi connectivity index (χ3v) is 5.46. The normalized spacial score (nSPS) is 16.6. The van der Waals surface area contributed by atoms with Crippen molar-refractivity contribution < 1.29 is 19.0 Å². The maximum absolute atomic E-state index is 12.9. The average Bonchev–Trinajstić information content (AvgIpc) is 3.20. The minimum Gasteiger partial charge on any atom is -0.497 e. The zero-order valence-corrected chi connectivity index (χ0v) is 18.0. The van der Waals surface area contributed by atoms with Crippen molar-refractivity contribution in [1.29, 1.82) is 0 Å². The lowest BCUT2D eigenvalue weighted by Gasteiger charge is -2.26. The average molecular weight is 398 g/mol. The number of methoxy groups -OCH3 is 2. The van der Waals surface area contributed by atoms with Crippen LogP contribution in [0.1, 0.15) is 50.8 Å². The molecule has 3 rings (SSSR count). The Morgan fingerprint density at radius 2 is 1.72 bits per heavy atom. The quantitative estimate of drug-likeness (QED) is 0.706. The van der Waals surface area contributed by atoms with Gasteiger partial charge in [-0.3, -0.25) is 4.79 Å². The zero-order valence-electron chi connectivity index (χ0n) is 18.0. The minimum atomic E-state index is -0.00901. The highest BCUT2D eigenvalue weighted by molar-refractivity contribution is 5.78. The Kier molecular flexibility index (Phi) is 6.36. The van der Waals surface area contributed by atoms with Crippen LogP contribution in [-0.4, -0.2) is 38.2 Å². The van der Waals surface area contributed by atoms with Gasteiger partial charge in [-0.25, -0.2) is 0 Å². The Morgan fingerprint density at radius 1 is 1.03 bits per heavy atom. The van der Waals surface area contributed by atoms with Crippen LogP contribution in [0.2, 0.25) is 0 Å². The van der Waals surface area contributed by atoms with Crippen LogP contribution in [0.25, 0.3) is 0 Å². The molecular formula is C24H31NO4. The molecule has 2 aromatic rings. The van der Waals surface area contributed by atoms with Crippen molar-refractivity contribution in [3.8, 4) is 17.2 Å². The summed E-state index contributed by atoms with van der Waals surface area (Å²) in [7, 11) is 3.27. The van der Waals surface area contributed by atoms with Gasteiger partial charge < -0.3 is 19.1 Å². The van der Waals surface area contributed by atoms with E-state index in [1.165, 1.54) is 5.56 Å². The molecule has 156 valence electrons. The Labute approximate surface area is 173 Å². The van der Waals surface area contributed by atoms with Crippen molar-refractivity contribution in [2.24, 2.45) is 0 Å². The Balaban J connectivity index is 1.67. The fraction of sp³-hybridized carbons (Fsp3) is 0.458. The van der Waals surface area contributed by atoms with E-state index in [1.54, 1.807) is 14.2 Å². The van der Waals surface area contributed by atoms with Crippen molar-refractivity contribution in [3.05, 3.63) is 53.6 Å². The first-order valence-electron chi connectivity index (χ1n) is 10.1. The lowest BCUT2D eigenvalue weighted by Crippen LogP contribution is -2.34. The number of carbonyl (C=O) groups excluding carboxylic acids is 1. The molecule has 2 aromatic carbocycles. The Morgan fingerprint density at radius 3 is 2.34 bits per heavy atom. The lowest BCUT2D eigenvalue weighted by atomic mass is 9.87. The summed E-state index contributed by atoms with van der Waals surface area (Å²) in [6.07, 6.45) is 1.88. The van der Waals surface area contributed by atoms with Gasteiger partial charge in [0.25, 0.3) is 5.91 Å². The van der Waals surface area contributed by atoms with E-state index in [0.717, 1.165) is 36.4 Å². The van der Waals surface area contributed by atoms with Crippen LogP contribution in [0.3, 0.4) is 0 Å². The molecular weight excluding hydrogens is 366 g/mol. The number of amides is 1. The molecule has 1 aliphatic rings. The van der Waals surface area contributed by atoms with Crippen LogP contribution in [0.15, 0.2) is 42.5 Å². The van der Waals surface area contributed by atoms with E-state index in [2.05, 4.69) is 32.9 Å². The van der Waals surface area contributed by atoms with Crippen molar-refractivity contribution in [1.82, 2.24) is 4.90 Å². The molecule has 0 aromatic heterocycles. The predicted octanol–water partition coefficient (Wildman–Crippen LogP) is 4.74. The number of nitrogens with zero attached hydrogens (tertiary/aromatic N) is 1. The molecule has 1 amide bonds. The summed E-state index contributed by atoms with van der Waals surface area (Å²) in [6.45, 7) is 7.28. The molecule has 1 atom stereocenters. The number of benzene rings is 2. The first-order chi connectivity index (χ1) is 13.8. The second-order valence-corrected chi connectivity index (χ2v) is 8.42. The van der Waals surface area contributed by atoms with Gasteiger partial charge in [0.2, 0.25) is 0 Å². The molecule has 1 fully saturated rings. The molecule has 1 unspecified atom stereocenters. The first kappa shape index (κ1) is 21.0. The van der Waals surface area contributed by atoms with Crippen molar-refractivity contribution in [2.45, 2.75) is 45.1 Å². The van der Waals surface area contributed by atoms with E-state index in [-0.39, 0.29) is 24.0 Å². The number of hydrogen-bond acceptors (Lipinski definition) is 4. The van der Waals surface area contributed by atoms with Crippen molar-refractivity contribution in [2.75, 3.05) is 27.4 Å². The lowest BCUT2D eigenvalue weighted by molar-refractivity contribution is -0.134. The fourth-order valence-corrected chi connectivity index (χ4v) is 3.76. The van der Waals surface area contributed by atoms with Crippen LogP contribution in [0.4, 0.5) is 0 Å². The third-order valence-electron chi connectivity index (χ3n) is 5.46. The highest BCUT2D eigenvalue weighted by atomic mass is 16.5. The molecule has 1 heterocycles. The summed E-state index contributed by atoms with van der Waals surface area (Å²) in [5.74, 6) is 2.19. The van der Waals surface area contributed by atoms with Crippen LogP contribution < -0.4 is 14.2 Å². The van der Waals surface area contributed by atoms with E-state index in [9.17, 15) is 4.79 Å². The minimum absolute atomic E-state index is 0.00442. The van der Waals surface area contributed by atoms with Gasteiger partial charge in [-0.05, 0) is 48.1 Å². The van der Waals surface area contributed by atoms with E-state index < -0.39 is 0 Å². The molecule has 5 nitrogen and oxygen atoms in total. The fourth-order valence-electron chi connectivity index (χ4n) is 3.76. The summed E-state index contributed by atoms with van der Waals surface area (Å²) in [5.41, 5.74) is 2.34. The Bertz CT molecular complexity index is 839. The monoisotopic (exact) mass is 397 g/mol. The maximum Gasteiger partial charge on any atom is 0.261 e. The first-order valence-corrected chi connectivity index (χ1v) is 10.1. The van der Waals surface area contributed by atoms with Gasteiger partial charge in [0.15, 0.2) is 6.61 Å². The number of ether oxygens (including phenoxy) is 3. The van der Waals surface area contributed by atoms with Gasteiger partial charge >= 0.3 is 0 Å². The van der Waals surface area contributed by atoms with Gasteiger partial charge in [-0.2, -0.15) is 0 Å². The summed E-state index contributed by atoms with van der Waals surface area (Å²) >= 11 is 0. The molecule has 29 heavy (non-hydrogen) atoms. The third kappa shape index (κ3) is 4.84. The smallest absolute Gasteiger partial charge is 0.261 e. The highest BCUT2D eigenvalue weighted by Gasteiger charge is 2.32. The van der Waals surface area contributed by atoms with E-state index in [4.69, 9.17) is 14.2 Å². The molecule has 0 N–H and O–H groups in total. The maximum atomic E-state index is 12.9. The summed E-state index contributed by atoms with van der Waals surface area (Å²) in [4.78, 5) is 14.8. The SMILES string of the molecule is COc1ccc(C2CCCN2C(=O)COc2ccc(C(C)(C)C)cc2)c(OC)c1. The molecule has 1 aliphatic heterocycles. The van der Waals surface area contributed by atoms with Crippen LogP contribution >= 0.6 is 0 Å². The van der Waals surface area contributed by atoms with Gasteiger partial charge in [-0.1, -0.05) is 32.9 Å². The molecule has 0 bridgehead atoms. The van der Waals surface area contributed by atoms with Crippen molar-refractivity contribution >= 4 is 5.91 Å². The molecule has 0 saturated carbocycles. The molecule has 5 heteroatoms. The Hall–Kier alpha value is -2.69. The van der Waals surface area contributed by atoms with Gasteiger partial charge in [0.05, 0.1) is 20.3 Å². The number of carbonyl (C=O) groups is 1. The topological polar surface area (TPSA) is 48.0 Å². The number of rotatable bonds is 6. The van der Waals surface area contributed by atoms with E-state index >= 15 is 0 Å². The van der Waals surface area contributed by atoms with E-state index in [0.29, 0.717) is 5.75 Å². The molecule has 0 aliphatic carbocycles. The van der Waals surface area contributed by atoms with E-state index in [1.807, 2.05) is 35.2 Å². The van der Waals surface area contributed by atoms with Crippen LogP contribution in [0.5, 0.6) is 17.2 Å². The molecule has 1 saturated heterocycles. The highest BCUT2D eigenvalue weighted by Crippen LogP contribution is 2.38. The van der Waals surface area contributed by atoms with Crippen molar-refractivity contribution in [3.63, 3.8) is 0 Å². The summed E-state index contributed by atoms with van der Waals surface area (Å²) < 4.78 is 16.6. The second-order valence-electron chi connectivity index (χ2n) is 8.42. The standard InChI is InChI=1S/C24H31NO4/c1-24(2,3)17-8-10-18(11-9-17)29-16-23(26)25-14-6-7-21(25)20-13-12-19(27-4)15-22(20)28-5/h8-13,15,21H,6-7,14,16H2,1-5H3. The largest absolute Gasteiger partial charge is 0.497 e. The summed E-state index contributed by atoms with van der Waals surface area (Å²) in [5, 5.41) is 0. The number of hydrogen-bond donors (Lipinski definition) is 0.